The van der Waals surface area contributed by atoms with Crippen molar-refractivity contribution in [1.29, 1.82) is 0 Å². The highest BCUT2D eigenvalue weighted by atomic mass is 16.2. The summed E-state index contributed by atoms with van der Waals surface area (Å²) in [6.45, 7) is 6.75. The fraction of sp³-hybridized carbons (Fsp3) is 0.556. The second-order valence-corrected chi connectivity index (χ2v) is 6.52. The van der Waals surface area contributed by atoms with Crippen LogP contribution in [0.2, 0.25) is 0 Å². The molecule has 2 atom stereocenters. The molecule has 0 unspecified atom stereocenters. The Hall–Kier alpha value is -1.88. The molecule has 1 aromatic rings. The Balaban J connectivity index is 1.64. The Morgan fingerprint density at radius 3 is 2.52 bits per heavy atom. The molecule has 0 spiro atoms. The predicted octanol–water partition coefficient (Wildman–Crippen LogP) is 2.11. The van der Waals surface area contributed by atoms with Crippen LogP contribution >= 0.6 is 0 Å². The van der Waals surface area contributed by atoms with E-state index in [0.29, 0.717) is 18.5 Å². The summed E-state index contributed by atoms with van der Waals surface area (Å²) in [5, 5.41) is 2.58. The molecule has 0 aromatic heterocycles. The van der Waals surface area contributed by atoms with Crippen LogP contribution in [0.1, 0.15) is 36.8 Å². The van der Waals surface area contributed by atoms with E-state index in [-0.39, 0.29) is 18.5 Å². The molecule has 1 N–H and O–H groups in total. The van der Waals surface area contributed by atoms with Gasteiger partial charge in [0.15, 0.2) is 0 Å². The van der Waals surface area contributed by atoms with Crippen LogP contribution in [0.3, 0.4) is 0 Å². The first kappa shape index (κ1) is 16.0. The number of nitrogens with zero attached hydrogens (tertiary/aromatic N) is 2. The maximum Gasteiger partial charge on any atom is 0.324 e. The summed E-state index contributed by atoms with van der Waals surface area (Å²) in [5.41, 5.74) is 2.69. The van der Waals surface area contributed by atoms with Crippen LogP contribution < -0.4 is 5.32 Å². The summed E-state index contributed by atoms with van der Waals surface area (Å²) in [5.74, 6) is 0.432. The molecule has 2 heterocycles. The highest BCUT2D eigenvalue weighted by molar-refractivity contribution is 6.01. The van der Waals surface area contributed by atoms with E-state index in [9.17, 15) is 9.59 Å². The van der Waals surface area contributed by atoms with Crippen molar-refractivity contribution < 1.29 is 9.59 Å². The lowest BCUT2D eigenvalue weighted by Gasteiger charge is -2.28. The number of urea groups is 1. The van der Waals surface area contributed by atoms with Gasteiger partial charge < -0.3 is 5.32 Å². The lowest BCUT2D eigenvalue weighted by atomic mass is 9.90. The van der Waals surface area contributed by atoms with Gasteiger partial charge in [-0.15, -0.1) is 0 Å². The van der Waals surface area contributed by atoms with Crippen molar-refractivity contribution in [2.24, 2.45) is 0 Å². The summed E-state index contributed by atoms with van der Waals surface area (Å²) in [6, 6.07) is 9.07. The van der Waals surface area contributed by atoms with Gasteiger partial charge in [0.05, 0.1) is 6.54 Å². The fourth-order valence-electron chi connectivity index (χ4n) is 3.85. The molecular weight excluding hydrogens is 290 g/mol. The minimum Gasteiger partial charge on any atom is -0.329 e. The Bertz CT molecular complexity index is 568. The van der Waals surface area contributed by atoms with Crippen molar-refractivity contribution >= 4 is 11.9 Å². The summed E-state index contributed by atoms with van der Waals surface area (Å²) in [4.78, 5) is 27.1. The molecule has 3 amide bonds. The molecule has 2 fully saturated rings. The van der Waals surface area contributed by atoms with E-state index in [0.717, 1.165) is 25.9 Å². The van der Waals surface area contributed by atoms with Gasteiger partial charge in [-0.1, -0.05) is 36.8 Å². The number of likely N-dealkylation sites (tertiary alicyclic amines) is 1. The van der Waals surface area contributed by atoms with Crippen LogP contribution in [0.25, 0.3) is 0 Å². The number of carbonyl (C=O) groups is 2. The molecule has 2 aliphatic rings. The zero-order valence-corrected chi connectivity index (χ0v) is 13.9. The van der Waals surface area contributed by atoms with Gasteiger partial charge in [-0.3, -0.25) is 14.6 Å². The van der Waals surface area contributed by atoms with E-state index < -0.39 is 0 Å². The van der Waals surface area contributed by atoms with Gasteiger partial charge in [-0.05, 0) is 31.9 Å². The largest absolute Gasteiger partial charge is 0.329 e. The number of amides is 3. The second-order valence-electron chi connectivity index (χ2n) is 6.52. The molecule has 0 saturated carbocycles. The maximum atomic E-state index is 11.7. The molecule has 1 aromatic carbocycles. The van der Waals surface area contributed by atoms with Crippen molar-refractivity contribution in [2.75, 3.05) is 26.2 Å². The number of carbonyl (C=O) groups excluding carboxylic acids is 2. The zero-order chi connectivity index (χ0) is 16.4. The number of nitrogens with one attached hydrogen (secondary N) is 1. The molecule has 0 bridgehead atoms. The van der Waals surface area contributed by atoms with Crippen LogP contribution in [-0.2, 0) is 4.79 Å². The van der Waals surface area contributed by atoms with Crippen molar-refractivity contribution in [2.45, 2.75) is 38.6 Å². The SMILES string of the molecule is CC[C@H]1[C@H](c2ccc(C)cc2)CCN1CCN1C(=O)CNC1=O. The van der Waals surface area contributed by atoms with Gasteiger partial charge in [0.2, 0.25) is 5.91 Å². The Kier molecular flexibility index (Phi) is 4.66. The van der Waals surface area contributed by atoms with Crippen LogP contribution in [0, 0.1) is 6.92 Å². The maximum absolute atomic E-state index is 11.7. The highest BCUT2D eigenvalue weighted by Gasteiger charge is 2.35. The quantitative estimate of drug-likeness (QED) is 0.847. The lowest BCUT2D eigenvalue weighted by molar-refractivity contribution is -0.125. The minimum atomic E-state index is -0.252. The molecule has 0 aliphatic carbocycles. The number of benzene rings is 1. The first-order valence-corrected chi connectivity index (χ1v) is 8.49. The molecule has 2 aliphatic heterocycles. The smallest absolute Gasteiger partial charge is 0.324 e. The van der Waals surface area contributed by atoms with Crippen molar-refractivity contribution in [3.8, 4) is 0 Å². The highest BCUT2D eigenvalue weighted by Crippen LogP contribution is 2.35. The monoisotopic (exact) mass is 315 g/mol. The molecule has 124 valence electrons. The van der Waals surface area contributed by atoms with Gasteiger partial charge in [-0.25, -0.2) is 4.79 Å². The first-order valence-electron chi connectivity index (χ1n) is 8.49. The second kappa shape index (κ2) is 6.71. The van der Waals surface area contributed by atoms with Crippen molar-refractivity contribution in [1.82, 2.24) is 15.1 Å². The van der Waals surface area contributed by atoms with Crippen LogP contribution in [0.15, 0.2) is 24.3 Å². The molecule has 23 heavy (non-hydrogen) atoms. The first-order chi connectivity index (χ1) is 11.1. The predicted molar refractivity (Wildman–Crippen MR) is 89.3 cm³/mol. The van der Waals surface area contributed by atoms with Gasteiger partial charge in [-0.2, -0.15) is 0 Å². The number of imide groups is 1. The molecular formula is C18H25N3O2. The third-order valence-corrected chi connectivity index (χ3v) is 5.13. The van der Waals surface area contributed by atoms with Crippen LogP contribution in [-0.4, -0.2) is 54.0 Å². The molecule has 0 radical (unpaired) electrons. The summed E-state index contributed by atoms with van der Waals surface area (Å²) in [7, 11) is 0. The Morgan fingerprint density at radius 1 is 1.17 bits per heavy atom. The number of rotatable bonds is 5. The van der Waals surface area contributed by atoms with E-state index in [4.69, 9.17) is 0 Å². The van der Waals surface area contributed by atoms with E-state index in [1.807, 2.05) is 0 Å². The van der Waals surface area contributed by atoms with Gasteiger partial charge in [0.25, 0.3) is 0 Å². The van der Waals surface area contributed by atoms with Crippen molar-refractivity contribution in [3.05, 3.63) is 35.4 Å². The number of aryl methyl sites for hydroxylation is 1. The standard InChI is InChI=1S/C18H25N3O2/c1-3-16-15(14-6-4-13(2)5-7-14)8-9-20(16)10-11-21-17(22)12-19-18(21)23/h4-7,15-16H,3,8-12H2,1-2H3,(H,19,23)/t15-,16-/m0/s1. The van der Waals surface area contributed by atoms with Gasteiger partial charge in [0.1, 0.15) is 0 Å². The minimum absolute atomic E-state index is 0.114. The number of hydrogen-bond acceptors (Lipinski definition) is 3. The zero-order valence-electron chi connectivity index (χ0n) is 13.9. The van der Waals surface area contributed by atoms with E-state index >= 15 is 0 Å². The summed E-state index contributed by atoms with van der Waals surface area (Å²) >= 11 is 0. The van der Waals surface area contributed by atoms with Gasteiger partial charge >= 0.3 is 6.03 Å². The molecule has 5 nitrogen and oxygen atoms in total. The third-order valence-electron chi connectivity index (χ3n) is 5.13. The van der Waals surface area contributed by atoms with Crippen molar-refractivity contribution in [3.63, 3.8) is 0 Å². The number of hydrogen-bond donors (Lipinski definition) is 1. The third kappa shape index (κ3) is 3.24. The average Bonchev–Trinajstić information content (AvgIpc) is 3.10. The lowest BCUT2D eigenvalue weighted by Crippen LogP contribution is -2.41. The summed E-state index contributed by atoms with van der Waals surface area (Å²) < 4.78 is 0. The van der Waals surface area contributed by atoms with Crippen LogP contribution in [0.5, 0.6) is 0 Å². The average molecular weight is 315 g/mol. The normalized spacial score (nSPS) is 25.2. The molecule has 5 heteroatoms. The molecule has 3 rings (SSSR count). The molecule has 2 saturated heterocycles. The van der Waals surface area contributed by atoms with E-state index in [2.05, 4.69) is 48.3 Å². The van der Waals surface area contributed by atoms with Crippen LogP contribution in [0.4, 0.5) is 4.79 Å². The van der Waals surface area contributed by atoms with Gasteiger partial charge in [0, 0.05) is 25.0 Å². The van der Waals surface area contributed by atoms with E-state index in [1.54, 1.807) is 0 Å². The summed E-state index contributed by atoms with van der Waals surface area (Å²) in [6.07, 6.45) is 2.22. The Morgan fingerprint density at radius 2 is 1.91 bits per heavy atom. The fourth-order valence-corrected chi connectivity index (χ4v) is 3.85. The van der Waals surface area contributed by atoms with E-state index in [1.165, 1.54) is 16.0 Å². The topological polar surface area (TPSA) is 52.6 Å². The Labute approximate surface area is 137 Å².